The molecule has 23 heavy (non-hydrogen) atoms. The first-order chi connectivity index (χ1) is 10.8. The van der Waals surface area contributed by atoms with Crippen LogP contribution in [0.5, 0.6) is 0 Å². The molecule has 2 aliphatic heterocycles. The first-order valence-electron chi connectivity index (χ1n) is 8.18. The van der Waals surface area contributed by atoms with E-state index in [1.165, 1.54) is 0 Å². The van der Waals surface area contributed by atoms with Crippen molar-refractivity contribution in [1.82, 2.24) is 5.32 Å². The predicted octanol–water partition coefficient (Wildman–Crippen LogP) is 1.51. The third-order valence-corrected chi connectivity index (χ3v) is 6.79. The van der Waals surface area contributed by atoms with Gasteiger partial charge in [0.1, 0.15) is 0 Å². The average Bonchev–Trinajstić information content (AvgIpc) is 2.81. The van der Waals surface area contributed by atoms with Crippen molar-refractivity contribution in [1.29, 1.82) is 0 Å². The van der Waals surface area contributed by atoms with Gasteiger partial charge in [0.25, 0.3) is 0 Å². The van der Waals surface area contributed by atoms with Crippen LogP contribution in [0, 0.1) is 12.8 Å². The SMILES string of the molecule is CCC(C)[C@@H]1N[C@@H]2CS(=O)(=O)C[C@@H]2N(c2ccc(C)cc2)C1=O. The van der Waals surface area contributed by atoms with Crippen molar-refractivity contribution in [3.63, 3.8) is 0 Å². The van der Waals surface area contributed by atoms with Crippen LogP contribution in [0.3, 0.4) is 0 Å². The van der Waals surface area contributed by atoms with E-state index in [1.54, 1.807) is 4.90 Å². The molecule has 6 heteroatoms. The molecule has 0 spiro atoms. The van der Waals surface area contributed by atoms with E-state index in [-0.39, 0.29) is 41.5 Å². The second kappa shape index (κ2) is 5.91. The van der Waals surface area contributed by atoms with Gasteiger partial charge in [0.2, 0.25) is 5.91 Å². The number of hydrogen-bond donors (Lipinski definition) is 1. The minimum atomic E-state index is -3.11. The van der Waals surface area contributed by atoms with Crippen LogP contribution < -0.4 is 10.2 Å². The Hall–Kier alpha value is -1.40. The van der Waals surface area contributed by atoms with Gasteiger partial charge < -0.3 is 4.90 Å². The van der Waals surface area contributed by atoms with E-state index in [4.69, 9.17) is 0 Å². The highest BCUT2D eigenvalue weighted by Crippen LogP contribution is 2.31. The Morgan fingerprint density at radius 3 is 2.52 bits per heavy atom. The van der Waals surface area contributed by atoms with Crippen LogP contribution in [0.15, 0.2) is 24.3 Å². The maximum Gasteiger partial charge on any atom is 0.244 e. The highest BCUT2D eigenvalue weighted by molar-refractivity contribution is 7.91. The Morgan fingerprint density at radius 2 is 1.91 bits per heavy atom. The summed E-state index contributed by atoms with van der Waals surface area (Å²) in [5, 5.41) is 3.31. The van der Waals surface area contributed by atoms with Crippen molar-refractivity contribution in [3.8, 4) is 0 Å². The Labute approximate surface area is 138 Å². The minimum absolute atomic E-state index is 0.0125. The van der Waals surface area contributed by atoms with E-state index < -0.39 is 9.84 Å². The quantitative estimate of drug-likeness (QED) is 0.909. The number of nitrogens with zero attached hydrogens (tertiary/aromatic N) is 1. The third kappa shape index (κ3) is 3.02. The number of hydrogen-bond acceptors (Lipinski definition) is 4. The highest BCUT2D eigenvalue weighted by Gasteiger charge is 2.50. The molecule has 1 N–H and O–H groups in total. The lowest BCUT2D eigenvalue weighted by Crippen LogP contribution is -2.66. The highest BCUT2D eigenvalue weighted by atomic mass is 32.2. The maximum atomic E-state index is 13.0. The first kappa shape index (κ1) is 16.5. The van der Waals surface area contributed by atoms with Gasteiger partial charge in [0.15, 0.2) is 9.84 Å². The Morgan fingerprint density at radius 1 is 1.26 bits per heavy atom. The summed E-state index contributed by atoms with van der Waals surface area (Å²) in [6, 6.07) is 6.93. The van der Waals surface area contributed by atoms with Crippen molar-refractivity contribution in [2.24, 2.45) is 5.92 Å². The fourth-order valence-corrected chi connectivity index (χ4v) is 5.43. The van der Waals surface area contributed by atoms with E-state index >= 15 is 0 Å². The van der Waals surface area contributed by atoms with E-state index in [0.717, 1.165) is 17.7 Å². The molecule has 4 atom stereocenters. The number of amides is 1. The van der Waals surface area contributed by atoms with E-state index in [0.29, 0.717) is 0 Å². The maximum absolute atomic E-state index is 13.0. The van der Waals surface area contributed by atoms with E-state index in [9.17, 15) is 13.2 Å². The summed E-state index contributed by atoms with van der Waals surface area (Å²) >= 11 is 0. The second-order valence-electron chi connectivity index (χ2n) is 6.82. The summed E-state index contributed by atoms with van der Waals surface area (Å²) in [4.78, 5) is 14.8. The predicted molar refractivity (Wildman–Crippen MR) is 91.3 cm³/mol. The smallest absolute Gasteiger partial charge is 0.244 e. The largest absolute Gasteiger partial charge is 0.305 e. The first-order valence-corrected chi connectivity index (χ1v) is 10.0. The lowest BCUT2D eigenvalue weighted by atomic mass is 9.91. The summed E-state index contributed by atoms with van der Waals surface area (Å²) in [6.45, 7) is 6.08. The van der Waals surface area contributed by atoms with Crippen LogP contribution in [0.1, 0.15) is 25.8 Å². The Balaban J connectivity index is 2.01. The van der Waals surface area contributed by atoms with Crippen molar-refractivity contribution < 1.29 is 13.2 Å². The second-order valence-corrected chi connectivity index (χ2v) is 8.98. The molecule has 1 unspecified atom stereocenters. The number of sulfone groups is 1. The molecule has 0 saturated carbocycles. The van der Waals surface area contributed by atoms with Crippen LogP contribution in [0.2, 0.25) is 0 Å². The summed E-state index contributed by atoms with van der Waals surface area (Å²) in [5.74, 6) is 0.304. The molecule has 0 aliphatic carbocycles. The number of fused-ring (bicyclic) bond motifs is 1. The zero-order valence-electron chi connectivity index (χ0n) is 13.8. The number of benzene rings is 1. The molecule has 3 rings (SSSR count). The zero-order chi connectivity index (χ0) is 16.8. The molecule has 0 radical (unpaired) electrons. The molecule has 2 saturated heterocycles. The van der Waals surface area contributed by atoms with E-state index in [2.05, 4.69) is 5.32 Å². The zero-order valence-corrected chi connectivity index (χ0v) is 14.6. The molecule has 1 aromatic rings. The van der Waals surface area contributed by atoms with Crippen LogP contribution in [0.4, 0.5) is 5.69 Å². The molecular weight excluding hydrogens is 312 g/mol. The number of piperazine rings is 1. The van der Waals surface area contributed by atoms with Crippen LogP contribution in [-0.2, 0) is 14.6 Å². The average molecular weight is 336 g/mol. The third-order valence-electron chi connectivity index (χ3n) is 5.08. The molecule has 0 aromatic heterocycles. The topological polar surface area (TPSA) is 66.5 Å². The number of carbonyl (C=O) groups excluding carboxylic acids is 1. The van der Waals surface area contributed by atoms with Crippen LogP contribution in [-0.4, -0.2) is 44.0 Å². The molecule has 5 nitrogen and oxygen atoms in total. The van der Waals surface area contributed by atoms with Gasteiger partial charge in [-0.3, -0.25) is 10.1 Å². The van der Waals surface area contributed by atoms with Crippen LogP contribution >= 0.6 is 0 Å². The minimum Gasteiger partial charge on any atom is -0.305 e. The lowest BCUT2D eigenvalue weighted by Gasteiger charge is -2.43. The number of nitrogens with one attached hydrogen (secondary N) is 1. The van der Waals surface area contributed by atoms with E-state index in [1.807, 2.05) is 45.0 Å². The monoisotopic (exact) mass is 336 g/mol. The van der Waals surface area contributed by atoms with Gasteiger partial charge >= 0.3 is 0 Å². The van der Waals surface area contributed by atoms with Gasteiger partial charge in [-0.1, -0.05) is 38.0 Å². The summed E-state index contributed by atoms with van der Waals surface area (Å²) in [5.41, 5.74) is 1.91. The molecule has 126 valence electrons. The van der Waals surface area contributed by atoms with Gasteiger partial charge in [0, 0.05) is 11.7 Å². The Bertz CT molecular complexity index is 699. The molecular formula is C17H24N2O3S. The van der Waals surface area contributed by atoms with Crippen molar-refractivity contribution in [2.75, 3.05) is 16.4 Å². The lowest BCUT2D eigenvalue weighted by molar-refractivity contribution is -0.124. The van der Waals surface area contributed by atoms with Crippen molar-refractivity contribution in [2.45, 2.75) is 45.3 Å². The van der Waals surface area contributed by atoms with Gasteiger partial charge in [-0.25, -0.2) is 8.42 Å². The molecule has 1 aromatic carbocycles. The molecule has 0 bridgehead atoms. The van der Waals surface area contributed by atoms with Gasteiger partial charge in [0.05, 0.1) is 23.6 Å². The van der Waals surface area contributed by atoms with Gasteiger partial charge in [-0.15, -0.1) is 0 Å². The number of anilines is 1. The molecule has 2 heterocycles. The number of carbonyl (C=O) groups is 1. The fourth-order valence-electron chi connectivity index (χ4n) is 3.53. The van der Waals surface area contributed by atoms with Crippen LogP contribution in [0.25, 0.3) is 0 Å². The summed E-state index contributed by atoms with van der Waals surface area (Å²) < 4.78 is 24.2. The molecule has 2 aliphatic rings. The number of rotatable bonds is 3. The molecule has 2 fully saturated rings. The standard InChI is InChI=1S/C17H24N2O3S/c1-4-12(3)16-17(20)19(13-7-5-11(2)6-8-13)15-10-23(21,22)9-14(15)18-16/h5-8,12,14-16,18H,4,9-10H2,1-3H3/t12?,14-,15+,16+/m1/s1. The van der Waals surface area contributed by atoms with Gasteiger partial charge in [-0.05, 0) is 25.0 Å². The van der Waals surface area contributed by atoms with Gasteiger partial charge in [-0.2, -0.15) is 0 Å². The normalized spacial score (nSPS) is 31.0. The summed E-state index contributed by atoms with van der Waals surface area (Å²) in [7, 11) is -3.11. The van der Waals surface area contributed by atoms with Crippen molar-refractivity contribution in [3.05, 3.63) is 29.8 Å². The summed E-state index contributed by atoms with van der Waals surface area (Å²) in [6.07, 6.45) is 0.870. The fraction of sp³-hybridized carbons (Fsp3) is 0.588. The van der Waals surface area contributed by atoms with Crippen molar-refractivity contribution >= 4 is 21.4 Å². The number of aryl methyl sites for hydroxylation is 1. The Kier molecular flexibility index (Phi) is 4.23. The molecule has 1 amide bonds.